The summed E-state index contributed by atoms with van der Waals surface area (Å²) in [7, 11) is 0. The van der Waals surface area contributed by atoms with E-state index >= 15 is 0 Å². The van der Waals surface area contributed by atoms with Crippen LogP contribution in [0.5, 0.6) is 0 Å². The van der Waals surface area contributed by atoms with Crippen LogP contribution in [0.15, 0.2) is 28.8 Å². The van der Waals surface area contributed by atoms with Crippen LogP contribution in [0.3, 0.4) is 0 Å². The molecule has 0 bridgehead atoms. The molecule has 0 radical (unpaired) electrons. The maximum Gasteiger partial charge on any atom is 0.226 e. The molecule has 0 amide bonds. The molecule has 0 fully saturated rings. The zero-order valence-corrected chi connectivity index (χ0v) is 10.2. The molecule has 0 spiro atoms. The van der Waals surface area contributed by atoms with Crippen LogP contribution >= 0.6 is 11.6 Å². The molecule has 1 aromatic carbocycles. The topological polar surface area (TPSA) is 64.9 Å². The number of aryl methyl sites for hydroxylation is 1. The fourth-order valence-electron chi connectivity index (χ4n) is 1.55. The smallest absolute Gasteiger partial charge is 0.226 e. The number of hydrogen-bond donors (Lipinski definition) is 1. The van der Waals surface area contributed by atoms with Gasteiger partial charge in [-0.05, 0) is 30.7 Å². The van der Waals surface area contributed by atoms with Gasteiger partial charge in [-0.2, -0.15) is 4.98 Å². The lowest BCUT2D eigenvalue weighted by Crippen LogP contribution is -2.00. The van der Waals surface area contributed by atoms with Crippen molar-refractivity contribution in [3.05, 3.63) is 46.6 Å². The molecular weight excluding hydrogens is 238 g/mol. The van der Waals surface area contributed by atoms with Crippen molar-refractivity contribution in [1.82, 2.24) is 10.1 Å². The van der Waals surface area contributed by atoms with E-state index in [1.54, 1.807) is 0 Å². The first kappa shape index (κ1) is 12.1. The van der Waals surface area contributed by atoms with Crippen molar-refractivity contribution in [3.8, 4) is 0 Å². The Balaban J connectivity index is 2.01. The summed E-state index contributed by atoms with van der Waals surface area (Å²) in [6.07, 6.45) is 2.23. The van der Waals surface area contributed by atoms with Crippen molar-refractivity contribution >= 4 is 11.6 Å². The molecular formula is C12H14ClN3O. The van der Waals surface area contributed by atoms with Gasteiger partial charge < -0.3 is 10.3 Å². The Morgan fingerprint density at radius 1 is 1.35 bits per heavy atom. The van der Waals surface area contributed by atoms with Crippen LogP contribution in [0, 0.1) is 0 Å². The lowest BCUT2D eigenvalue weighted by molar-refractivity contribution is 0.371. The van der Waals surface area contributed by atoms with Gasteiger partial charge in [0.1, 0.15) is 0 Å². The van der Waals surface area contributed by atoms with Gasteiger partial charge in [0, 0.05) is 17.9 Å². The molecule has 4 nitrogen and oxygen atoms in total. The number of rotatable bonds is 5. The van der Waals surface area contributed by atoms with Crippen LogP contribution in [0.1, 0.15) is 23.7 Å². The molecule has 5 heteroatoms. The minimum absolute atomic E-state index is 0.631. The van der Waals surface area contributed by atoms with E-state index in [0.29, 0.717) is 29.7 Å². The highest BCUT2D eigenvalue weighted by Crippen LogP contribution is 2.13. The molecule has 1 heterocycles. The molecule has 1 aromatic heterocycles. The number of hydrogen-bond acceptors (Lipinski definition) is 4. The summed E-state index contributed by atoms with van der Waals surface area (Å²) in [5, 5.41) is 4.64. The van der Waals surface area contributed by atoms with E-state index in [1.807, 2.05) is 24.3 Å². The fraction of sp³-hybridized carbons (Fsp3) is 0.333. The van der Waals surface area contributed by atoms with Crippen molar-refractivity contribution in [2.45, 2.75) is 19.3 Å². The van der Waals surface area contributed by atoms with E-state index in [4.69, 9.17) is 21.9 Å². The summed E-state index contributed by atoms with van der Waals surface area (Å²) in [6, 6.07) is 7.64. The Kier molecular flexibility index (Phi) is 4.12. The predicted molar refractivity (Wildman–Crippen MR) is 65.9 cm³/mol. The van der Waals surface area contributed by atoms with Gasteiger partial charge in [0.2, 0.25) is 5.89 Å². The van der Waals surface area contributed by atoms with Crippen LogP contribution in [0.25, 0.3) is 0 Å². The molecule has 0 aliphatic carbocycles. The summed E-state index contributed by atoms with van der Waals surface area (Å²) < 4.78 is 5.12. The van der Waals surface area contributed by atoms with Gasteiger partial charge in [-0.3, -0.25) is 0 Å². The predicted octanol–water partition coefficient (Wildman–Crippen LogP) is 2.21. The molecule has 0 saturated carbocycles. The average molecular weight is 252 g/mol. The summed E-state index contributed by atoms with van der Waals surface area (Å²) in [5.74, 6) is 1.33. The summed E-state index contributed by atoms with van der Waals surface area (Å²) in [6.45, 7) is 0.631. The molecule has 90 valence electrons. The van der Waals surface area contributed by atoms with Crippen molar-refractivity contribution in [2.75, 3.05) is 6.54 Å². The molecule has 0 aliphatic heterocycles. The molecule has 0 saturated heterocycles. The highest BCUT2D eigenvalue weighted by molar-refractivity contribution is 6.30. The normalized spacial score (nSPS) is 10.7. The maximum absolute atomic E-state index is 5.91. The summed E-state index contributed by atoms with van der Waals surface area (Å²) >= 11 is 5.91. The molecule has 0 aliphatic rings. The first-order valence-electron chi connectivity index (χ1n) is 5.54. The largest absolute Gasteiger partial charge is 0.339 e. The summed E-state index contributed by atoms with van der Waals surface area (Å²) in [4.78, 5) is 4.30. The lowest BCUT2D eigenvalue weighted by Gasteiger charge is -1.96. The van der Waals surface area contributed by atoms with E-state index in [1.165, 1.54) is 0 Å². The summed E-state index contributed by atoms with van der Waals surface area (Å²) in [5.41, 5.74) is 6.49. The van der Waals surface area contributed by atoms with Crippen LogP contribution in [0.4, 0.5) is 0 Å². The third kappa shape index (κ3) is 3.54. The molecule has 0 unspecified atom stereocenters. The van der Waals surface area contributed by atoms with Crippen LogP contribution in [0.2, 0.25) is 5.02 Å². The van der Waals surface area contributed by atoms with E-state index < -0.39 is 0 Å². The average Bonchev–Trinajstić information content (AvgIpc) is 2.74. The SMILES string of the molecule is NCCCc1nc(Cc2cccc(Cl)c2)no1. The van der Waals surface area contributed by atoms with Crippen molar-refractivity contribution in [1.29, 1.82) is 0 Å². The minimum atomic E-state index is 0.631. The molecule has 2 aromatic rings. The third-order valence-electron chi connectivity index (χ3n) is 2.36. The van der Waals surface area contributed by atoms with Crippen molar-refractivity contribution < 1.29 is 4.52 Å². The quantitative estimate of drug-likeness (QED) is 0.885. The molecule has 2 N–H and O–H groups in total. The van der Waals surface area contributed by atoms with Gasteiger partial charge in [0.15, 0.2) is 5.82 Å². The first-order chi connectivity index (χ1) is 8.28. The second kappa shape index (κ2) is 5.80. The lowest BCUT2D eigenvalue weighted by atomic mass is 10.1. The van der Waals surface area contributed by atoms with Crippen molar-refractivity contribution in [2.24, 2.45) is 5.73 Å². The standard InChI is InChI=1S/C12H14ClN3O/c13-10-4-1-3-9(7-10)8-11-15-12(17-16-11)5-2-6-14/h1,3-4,7H,2,5-6,8,14H2. The Bertz CT molecular complexity index is 484. The van der Waals surface area contributed by atoms with E-state index in [-0.39, 0.29) is 0 Å². The van der Waals surface area contributed by atoms with Gasteiger partial charge in [0.05, 0.1) is 0 Å². The van der Waals surface area contributed by atoms with E-state index in [9.17, 15) is 0 Å². The highest BCUT2D eigenvalue weighted by Gasteiger charge is 2.06. The second-order valence-corrected chi connectivity index (χ2v) is 4.24. The van der Waals surface area contributed by atoms with Crippen LogP contribution in [-0.4, -0.2) is 16.7 Å². The first-order valence-corrected chi connectivity index (χ1v) is 5.91. The molecule has 2 rings (SSSR count). The molecule has 17 heavy (non-hydrogen) atoms. The number of nitrogens with zero attached hydrogens (tertiary/aromatic N) is 2. The Hall–Kier alpha value is -1.39. The Labute approximate surface area is 105 Å². The third-order valence-corrected chi connectivity index (χ3v) is 2.59. The van der Waals surface area contributed by atoms with E-state index in [2.05, 4.69) is 10.1 Å². The Morgan fingerprint density at radius 3 is 3.00 bits per heavy atom. The number of halogens is 1. The zero-order valence-electron chi connectivity index (χ0n) is 9.40. The maximum atomic E-state index is 5.91. The molecule has 0 atom stereocenters. The number of aromatic nitrogens is 2. The second-order valence-electron chi connectivity index (χ2n) is 3.80. The highest BCUT2D eigenvalue weighted by atomic mass is 35.5. The Morgan fingerprint density at radius 2 is 2.24 bits per heavy atom. The fourth-order valence-corrected chi connectivity index (χ4v) is 1.76. The van der Waals surface area contributed by atoms with Gasteiger partial charge in [-0.25, -0.2) is 0 Å². The van der Waals surface area contributed by atoms with Gasteiger partial charge >= 0.3 is 0 Å². The van der Waals surface area contributed by atoms with Gasteiger partial charge in [-0.15, -0.1) is 0 Å². The van der Waals surface area contributed by atoms with E-state index in [0.717, 1.165) is 18.4 Å². The minimum Gasteiger partial charge on any atom is -0.339 e. The van der Waals surface area contributed by atoms with Crippen LogP contribution in [-0.2, 0) is 12.8 Å². The number of nitrogens with two attached hydrogens (primary N) is 1. The van der Waals surface area contributed by atoms with Crippen molar-refractivity contribution in [3.63, 3.8) is 0 Å². The van der Waals surface area contributed by atoms with Gasteiger partial charge in [-0.1, -0.05) is 28.9 Å². The van der Waals surface area contributed by atoms with Gasteiger partial charge in [0.25, 0.3) is 0 Å². The zero-order chi connectivity index (χ0) is 12.1. The van der Waals surface area contributed by atoms with Crippen LogP contribution < -0.4 is 5.73 Å². The number of benzene rings is 1. The monoisotopic (exact) mass is 251 g/mol.